The van der Waals surface area contributed by atoms with E-state index in [0.29, 0.717) is 22.4 Å². The van der Waals surface area contributed by atoms with Gasteiger partial charge in [-0.05, 0) is 25.5 Å². The predicted molar refractivity (Wildman–Crippen MR) is 121 cm³/mol. The number of hydrogen-bond acceptors (Lipinski definition) is 7. The summed E-state index contributed by atoms with van der Waals surface area (Å²) in [5.41, 5.74) is 5.60. The molecule has 9 nitrogen and oxygen atoms in total. The molecule has 168 valence electrons. The summed E-state index contributed by atoms with van der Waals surface area (Å²) in [6.45, 7) is 3.68. The fraction of sp³-hybridized carbons (Fsp3) is 0.208. The van der Waals surface area contributed by atoms with Crippen molar-refractivity contribution in [1.29, 1.82) is 0 Å². The lowest BCUT2D eigenvalue weighted by molar-refractivity contribution is -0.328. The molecule has 0 radical (unpaired) electrons. The second-order valence-electron chi connectivity index (χ2n) is 8.14. The Balaban J connectivity index is 1.82. The molecule has 1 atom stereocenters. The molecule has 0 aliphatic heterocycles. The lowest BCUT2D eigenvalue weighted by Crippen LogP contribution is -2.39. The molecule has 33 heavy (non-hydrogen) atoms. The smallest absolute Gasteiger partial charge is 0.301 e. The summed E-state index contributed by atoms with van der Waals surface area (Å²) in [7, 11) is 1.82. The van der Waals surface area contributed by atoms with Crippen LogP contribution in [0, 0.1) is 13.8 Å². The first kappa shape index (κ1) is 21.1. The highest BCUT2D eigenvalue weighted by Crippen LogP contribution is 2.38. The van der Waals surface area contributed by atoms with E-state index in [4.69, 9.17) is 9.51 Å². The average molecular weight is 445 g/mol. The highest BCUT2D eigenvalue weighted by atomic mass is 16.7. The molecule has 5 rings (SSSR count). The first-order valence-electron chi connectivity index (χ1n) is 10.4. The van der Waals surface area contributed by atoms with Gasteiger partial charge < -0.3 is 24.4 Å². The van der Waals surface area contributed by atoms with Gasteiger partial charge in [-0.3, -0.25) is 9.67 Å². The van der Waals surface area contributed by atoms with Crippen LogP contribution in [0.1, 0.15) is 23.1 Å². The van der Waals surface area contributed by atoms with Gasteiger partial charge in [0.15, 0.2) is 0 Å². The molecule has 0 aliphatic rings. The topological polar surface area (TPSA) is 122 Å². The van der Waals surface area contributed by atoms with Crippen LogP contribution in [-0.4, -0.2) is 45.8 Å². The van der Waals surface area contributed by atoms with E-state index in [0.717, 1.165) is 27.9 Å². The maximum Gasteiger partial charge on any atom is 0.301 e. The monoisotopic (exact) mass is 445 g/mol. The minimum Gasteiger partial charge on any atom is -0.361 e. The van der Waals surface area contributed by atoms with Crippen molar-refractivity contribution in [2.24, 2.45) is 7.05 Å². The molecule has 0 aliphatic carbocycles. The van der Waals surface area contributed by atoms with Crippen molar-refractivity contribution in [3.63, 3.8) is 0 Å². The molecule has 0 fully saturated rings. The molecule has 3 N–H and O–H groups in total. The van der Waals surface area contributed by atoms with Gasteiger partial charge in [-0.25, -0.2) is 0 Å². The second kappa shape index (κ2) is 7.66. The molecule has 1 unspecified atom stereocenters. The molecule has 4 heterocycles. The number of pyridine rings is 1. The van der Waals surface area contributed by atoms with Gasteiger partial charge in [-0.15, -0.1) is 0 Å². The summed E-state index contributed by atoms with van der Waals surface area (Å²) in [4.78, 5) is 4.71. The number of aliphatic hydroxyl groups is 3. The van der Waals surface area contributed by atoms with Crippen molar-refractivity contribution in [3.8, 4) is 22.3 Å². The Morgan fingerprint density at radius 2 is 1.76 bits per heavy atom. The Hall–Kier alpha value is -3.79. The third-order valence-electron chi connectivity index (χ3n) is 5.77. The Bertz CT molecular complexity index is 1420. The van der Waals surface area contributed by atoms with Crippen LogP contribution in [0.3, 0.4) is 0 Å². The van der Waals surface area contributed by atoms with E-state index in [1.54, 1.807) is 52.1 Å². The van der Waals surface area contributed by atoms with Crippen LogP contribution in [0.2, 0.25) is 0 Å². The third-order valence-corrected chi connectivity index (χ3v) is 5.77. The van der Waals surface area contributed by atoms with E-state index in [1.165, 1.54) is 0 Å². The van der Waals surface area contributed by atoms with E-state index < -0.39 is 12.0 Å². The van der Waals surface area contributed by atoms with Crippen LogP contribution in [0.15, 0.2) is 65.7 Å². The molecular formula is C24H23N5O4. The van der Waals surface area contributed by atoms with Crippen molar-refractivity contribution < 1.29 is 19.8 Å². The largest absolute Gasteiger partial charge is 0.361 e. The van der Waals surface area contributed by atoms with E-state index in [2.05, 4.69) is 10.3 Å². The number of rotatable bonds is 5. The van der Waals surface area contributed by atoms with Gasteiger partial charge in [-0.1, -0.05) is 35.5 Å². The van der Waals surface area contributed by atoms with E-state index in [9.17, 15) is 15.3 Å². The number of benzene rings is 1. The Labute approximate surface area is 189 Å². The Morgan fingerprint density at radius 3 is 2.36 bits per heavy atom. The molecule has 4 aromatic heterocycles. The maximum atomic E-state index is 10.4. The highest BCUT2D eigenvalue weighted by molar-refractivity contribution is 5.95. The average Bonchev–Trinajstić information content (AvgIpc) is 3.45. The normalized spacial score (nSPS) is 13.0. The quantitative estimate of drug-likeness (QED) is 0.356. The van der Waals surface area contributed by atoms with E-state index in [-0.39, 0.29) is 0 Å². The van der Waals surface area contributed by atoms with Gasteiger partial charge in [0.1, 0.15) is 11.8 Å². The summed E-state index contributed by atoms with van der Waals surface area (Å²) in [6, 6.07) is 9.49. The number of hydrogen-bond donors (Lipinski definition) is 3. The van der Waals surface area contributed by atoms with Gasteiger partial charge in [0.25, 0.3) is 0 Å². The van der Waals surface area contributed by atoms with Gasteiger partial charge >= 0.3 is 5.97 Å². The van der Waals surface area contributed by atoms with Crippen LogP contribution in [0.5, 0.6) is 0 Å². The summed E-state index contributed by atoms with van der Waals surface area (Å²) >= 11 is 0. The van der Waals surface area contributed by atoms with Crippen molar-refractivity contribution >= 4 is 11.0 Å². The first-order valence-corrected chi connectivity index (χ1v) is 10.4. The van der Waals surface area contributed by atoms with Crippen LogP contribution >= 0.6 is 0 Å². The zero-order valence-electron chi connectivity index (χ0n) is 18.3. The minimum atomic E-state index is -3.03. The van der Waals surface area contributed by atoms with Crippen molar-refractivity contribution in [2.75, 3.05) is 0 Å². The van der Waals surface area contributed by atoms with Gasteiger partial charge in [0.05, 0.1) is 22.9 Å². The SMILES string of the molecule is Cc1noc(C)c1-c1cnc2c(-c3cnn(C)c3)cn(C(c3ccccc3)C(O)(O)O)c2c1. The molecule has 1 aromatic carbocycles. The first-order chi connectivity index (χ1) is 15.7. The molecular weight excluding hydrogens is 422 g/mol. The standard InChI is InChI=1S/C24H23N5O4/c1-14-21(15(2)33-27-14)17-9-20-22(25-10-17)19(18-11-26-28(3)12-18)13-29(20)23(24(30,31)32)16-7-5-4-6-8-16/h4-13,23,30-32H,1-3H3. The van der Waals surface area contributed by atoms with E-state index >= 15 is 0 Å². The fourth-order valence-corrected chi connectivity index (χ4v) is 4.35. The minimum absolute atomic E-state index is 0.516. The maximum absolute atomic E-state index is 10.4. The molecule has 0 saturated carbocycles. The highest BCUT2D eigenvalue weighted by Gasteiger charge is 2.37. The molecule has 0 saturated heterocycles. The third kappa shape index (κ3) is 3.62. The molecule has 0 amide bonds. The summed E-state index contributed by atoms with van der Waals surface area (Å²) in [5.74, 6) is -2.38. The number of aryl methyl sites for hydroxylation is 3. The van der Waals surface area contributed by atoms with Crippen LogP contribution in [0.25, 0.3) is 33.3 Å². The van der Waals surface area contributed by atoms with Gasteiger partial charge in [0, 0.05) is 47.9 Å². The van der Waals surface area contributed by atoms with Crippen molar-refractivity contribution in [1.82, 2.24) is 24.5 Å². The molecule has 9 heteroatoms. The lowest BCUT2D eigenvalue weighted by Gasteiger charge is -2.28. The van der Waals surface area contributed by atoms with E-state index in [1.807, 2.05) is 39.2 Å². The zero-order chi connectivity index (χ0) is 23.3. The molecule has 0 spiro atoms. The van der Waals surface area contributed by atoms with Gasteiger partial charge in [0.2, 0.25) is 0 Å². The van der Waals surface area contributed by atoms with Gasteiger partial charge in [-0.2, -0.15) is 5.10 Å². The zero-order valence-corrected chi connectivity index (χ0v) is 18.3. The van der Waals surface area contributed by atoms with Crippen LogP contribution in [0.4, 0.5) is 0 Å². The number of aromatic nitrogens is 5. The number of nitrogens with zero attached hydrogens (tertiary/aromatic N) is 5. The Kier molecular flexibility index (Phi) is 4.89. The Morgan fingerprint density at radius 1 is 1.00 bits per heavy atom. The molecule has 5 aromatic rings. The number of fused-ring (bicyclic) bond motifs is 1. The molecule has 0 bridgehead atoms. The van der Waals surface area contributed by atoms with Crippen LogP contribution < -0.4 is 0 Å². The lowest BCUT2D eigenvalue weighted by atomic mass is 10.0. The summed E-state index contributed by atoms with van der Waals surface area (Å²) in [6.07, 6.45) is 7.05. The van der Waals surface area contributed by atoms with Crippen molar-refractivity contribution in [3.05, 3.63) is 78.2 Å². The predicted octanol–water partition coefficient (Wildman–Crippen LogP) is 2.93. The summed E-state index contributed by atoms with van der Waals surface area (Å²) in [5, 5.41) is 39.5. The second-order valence-corrected chi connectivity index (χ2v) is 8.14. The summed E-state index contributed by atoms with van der Waals surface area (Å²) < 4.78 is 8.63. The fourth-order valence-electron chi connectivity index (χ4n) is 4.35. The van der Waals surface area contributed by atoms with Crippen LogP contribution in [-0.2, 0) is 7.05 Å². The van der Waals surface area contributed by atoms with Crippen molar-refractivity contribution in [2.45, 2.75) is 25.9 Å².